The highest BCUT2D eigenvalue weighted by atomic mass is 32.2. The Morgan fingerprint density at radius 3 is 2.62 bits per heavy atom. The normalized spacial score (nSPS) is 17.8. The van der Waals surface area contributed by atoms with Gasteiger partial charge in [0, 0.05) is 48.3 Å². The van der Waals surface area contributed by atoms with E-state index >= 15 is 0 Å². The summed E-state index contributed by atoms with van der Waals surface area (Å²) < 4.78 is 39.4. The molecule has 1 atom stereocenters. The summed E-state index contributed by atoms with van der Waals surface area (Å²) in [6.07, 6.45) is 7.20. The van der Waals surface area contributed by atoms with Crippen molar-refractivity contribution in [3.8, 4) is 5.69 Å². The van der Waals surface area contributed by atoms with Crippen LogP contribution in [0.15, 0.2) is 66.1 Å². The highest BCUT2D eigenvalue weighted by molar-refractivity contribution is 8.00. The molecule has 9 heteroatoms. The van der Waals surface area contributed by atoms with Crippen molar-refractivity contribution < 1.29 is 13.2 Å². The smallest absolute Gasteiger partial charge is 0.357 e. The Balaban J connectivity index is 1.46. The van der Waals surface area contributed by atoms with Gasteiger partial charge in [-0.1, -0.05) is 0 Å². The van der Waals surface area contributed by atoms with Crippen LogP contribution in [0.25, 0.3) is 5.69 Å². The number of nitrogens with zero attached hydrogens (tertiary/aromatic N) is 5. The molecule has 152 valence electrons. The first-order valence-electron chi connectivity index (χ1n) is 9.17. The lowest BCUT2D eigenvalue weighted by atomic mass is 10.2. The van der Waals surface area contributed by atoms with E-state index in [0.29, 0.717) is 12.7 Å². The van der Waals surface area contributed by atoms with Gasteiger partial charge in [-0.15, -0.1) is 0 Å². The third kappa shape index (κ3) is 4.73. The molecule has 0 radical (unpaired) electrons. The molecule has 0 N–H and O–H groups in total. The summed E-state index contributed by atoms with van der Waals surface area (Å²) in [5, 5.41) is 4.30. The number of anilines is 1. The Kier molecular flexibility index (Phi) is 5.51. The Hall–Kier alpha value is -2.52. The van der Waals surface area contributed by atoms with Crippen molar-refractivity contribution >= 4 is 17.4 Å². The number of thioether (sulfide) groups is 1. The van der Waals surface area contributed by atoms with Gasteiger partial charge in [-0.05, 0) is 60.6 Å². The van der Waals surface area contributed by atoms with E-state index in [1.807, 2.05) is 18.3 Å². The summed E-state index contributed by atoms with van der Waals surface area (Å²) in [6, 6.07) is 10.7. The summed E-state index contributed by atoms with van der Waals surface area (Å²) in [4.78, 5) is 8.94. The lowest BCUT2D eigenvalue weighted by molar-refractivity contribution is -0.0328. The largest absolute Gasteiger partial charge is 0.446 e. The van der Waals surface area contributed by atoms with Gasteiger partial charge in [0.25, 0.3) is 0 Å². The van der Waals surface area contributed by atoms with Gasteiger partial charge in [0.05, 0.1) is 18.6 Å². The number of rotatable bonds is 5. The van der Waals surface area contributed by atoms with Gasteiger partial charge in [0.1, 0.15) is 0 Å². The first-order valence-corrected chi connectivity index (χ1v) is 9.98. The fourth-order valence-electron chi connectivity index (χ4n) is 3.49. The second-order valence-electron chi connectivity index (χ2n) is 6.96. The molecule has 1 fully saturated rings. The number of hydrogen-bond acceptors (Lipinski definition) is 5. The summed E-state index contributed by atoms with van der Waals surface area (Å²) in [6.45, 7) is 4.40. The van der Waals surface area contributed by atoms with Crippen molar-refractivity contribution in [2.45, 2.75) is 29.9 Å². The summed E-state index contributed by atoms with van der Waals surface area (Å²) in [7, 11) is 0. The molecule has 0 bridgehead atoms. The van der Waals surface area contributed by atoms with Gasteiger partial charge >= 0.3 is 5.51 Å². The Bertz CT molecular complexity index is 944. The molecule has 1 unspecified atom stereocenters. The fourth-order valence-corrected chi connectivity index (χ4v) is 4.03. The second-order valence-corrected chi connectivity index (χ2v) is 8.09. The number of aromatic nitrogens is 3. The maximum Gasteiger partial charge on any atom is 0.446 e. The molecule has 0 spiro atoms. The van der Waals surface area contributed by atoms with Gasteiger partial charge in [-0.25, -0.2) is 4.68 Å². The second kappa shape index (κ2) is 8.08. The first kappa shape index (κ1) is 19.8. The predicted octanol–water partition coefficient (Wildman–Crippen LogP) is 4.55. The fraction of sp³-hybridized carbons (Fsp3) is 0.300. The minimum atomic E-state index is -4.27. The zero-order valence-corrected chi connectivity index (χ0v) is 16.6. The standard InChI is InChI=1S/C20H20F3N5S/c1-15-12-27(17-3-5-18(6-4-17)29-20(21,22)23)14-26(15)13-16-7-9-24-11-19(16)28-10-2-8-25-28/h2-11,15H,12-14H2,1H3. The minimum Gasteiger partial charge on any atom is -0.357 e. The molecule has 1 aromatic carbocycles. The molecule has 0 amide bonds. The minimum absolute atomic E-state index is 0.0880. The molecule has 0 aliphatic carbocycles. The molecule has 4 rings (SSSR count). The van der Waals surface area contributed by atoms with Crippen LogP contribution in [0.4, 0.5) is 18.9 Å². The van der Waals surface area contributed by atoms with Crippen molar-refractivity contribution in [1.29, 1.82) is 0 Å². The van der Waals surface area contributed by atoms with Gasteiger partial charge in [0.2, 0.25) is 0 Å². The molecule has 29 heavy (non-hydrogen) atoms. The molecular formula is C20H20F3N5S. The molecule has 1 saturated heterocycles. The number of halogens is 3. The van der Waals surface area contributed by atoms with Gasteiger partial charge in [-0.3, -0.25) is 9.88 Å². The molecule has 3 heterocycles. The van der Waals surface area contributed by atoms with Crippen LogP contribution in [-0.4, -0.2) is 44.4 Å². The van der Waals surface area contributed by atoms with Crippen LogP contribution in [0, 0.1) is 0 Å². The molecule has 0 saturated carbocycles. The van der Waals surface area contributed by atoms with E-state index in [1.54, 1.807) is 35.4 Å². The lowest BCUT2D eigenvalue weighted by Gasteiger charge is -2.22. The van der Waals surface area contributed by atoms with Crippen LogP contribution in [0.1, 0.15) is 12.5 Å². The van der Waals surface area contributed by atoms with E-state index in [9.17, 15) is 13.2 Å². The van der Waals surface area contributed by atoms with Gasteiger partial charge in [0.15, 0.2) is 0 Å². The third-order valence-electron chi connectivity index (χ3n) is 4.91. The van der Waals surface area contributed by atoms with Crippen molar-refractivity contribution in [3.05, 3.63) is 66.7 Å². The maximum atomic E-state index is 12.5. The van der Waals surface area contributed by atoms with E-state index in [0.717, 1.165) is 30.0 Å². The first-order chi connectivity index (χ1) is 13.9. The molecule has 3 aromatic rings. The number of alkyl halides is 3. The maximum absolute atomic E-state index is 12.5. The third-order valence-corrected chi connectivity index (χ3v) is 5.65. The Morgan fingerprint density at radius 2 is 1.93 bits per heavy atom. The number of pyridine rings is 1. The average Bonchev–Trinajstić information content (AvgIpc) is 3.32. The van der Waals surface area contributed by atoms with E-state index in [2.05, 4.69) is 26.8 Å². The highest BCUT2D eigenvalue weighted by Crippen LogP contribution is 2.37. The summed E-state index contributed by atoms with van der Waals surface area (Å²) >= 11 is -0.0880. The lowest BCUT2D eigenvalue weighted by Crippen LogP contribution is -2.28. The molecule has 2 aromatic heterocycles. The van der Waals surface area contributed by atoms with Crippen LogP contribution in [-0.2, 0) is 6.54 Å². The van der Waals surface area contributed by atoms with E-state index in [4.69, 9.17) is 0 Å². The van der Waals surface area contributed by atoms with Crippen LogP contribution in [0.2, 0.25) is 0 Å². The quantitative estimate of drug-likeness (QED) is 0.568. The Morgan fingerprint density at radius 1 is 1.14 bits per heavy atom. The highest BCUT2D eigenvalue weighted by Gasteiger charge is 2.30. The van der Waals surface area contributed by atoms with E-state index in [1.165, 1.54) is 12.1 Å². The van der Waals surface area contributed by atoms with Crippen LogP contribution in [0.5, 0.6) is 0 Å². The van der Waals surface area contributed by atoms with Crippen LogP contribution < -0.4 is 4.90 Å². The number of benzene rings is 1. The Labute approximate surface area is 171 Å². The van der Waals surface area contributed by atoms with Gasteiger partial charge in [-0.2, -0.15) is 18.3 Å². The number of hydrogen-bond donors (Lipinski definition) is 0. The van der Waals surface area contributed by atoms with E-state index < -0.39 is 5.51 Å². The van der Waals surface area contributed by atoms with Crippen molar-refractivity contribution in [2.24, 2.45) is 0 Å². The summed E-state index contributed by atoms with van der Waals surface area (Å²) in [5.74, 6) is 0. The van der Waals surface area contributed by atoms with Crippen molar-refractivity contribution in [1.82, 2.24) is 19.7 Å². The predicted molar refractivity (Wildman–Crippen MR) is 107 cm³/mol. The molecule has 1 aliphatic heterocycles. The molecular weight excluding hydrogens is 399 g/mol. The average molecular weight is 419 g/mol. The van der Waals surface area contributed by atoms with Crippen LogP contribution >= 0.6 is 11.8 Å². The van der Waals surface area contributed by atoms with Crippen molar-refractivity contribution in [3.63, 3.8) is 0 Å². The topological polar surface area (TPSA) is 37.2 Å². The zero-order chi connectivity index (χ0) is 20.4. The van der Waals surface area contributed by atoms with Crippen LogP contribution in [0.3, 0.4) is 0 Å². The van der Waals surface area contributed by atoms with Crippen molar-refractivity contribution in [2.75, 3.05) is 18.1 Å². The monoisotopic (exact) mass is 419 g/mol. The van der Waals surface area contributed by atoms with Gasteiger partial charge < -0.3 is 4.90 Å². The molecule has 5 nitrogen and oxygen atoms in total. The van der Waals surface area contributed by atoms with E-state index in [-0.39, 0.29) is 16.7 Å². The summed E-state index contributed by atoms with van der Waals surface area (Å²) in [5.41, 5.74) is -1.28. The zero-order valence-electron chi connectivity index (χ0n) is 15.8. The SMILES string of the molecule is CC1CN(c2ccc(SC(F)(F)F)cc2)CN1Cc1ccncc1-n1cccn1. The molecule has 1 aliphatic rings.